The normalized spacial score (nSPS) is 24.0. The molecule has 0 unspecified atom stereocenters. The molecule has 1 aliphatic rings. The lowest BCUT2D eigenvalue weighted by atomic mass is 9.66. The third-order valence-corrected chi connectivity index (χ3v) is 4.81. The monoisotopic (exact) mass is 351 g/mol. The van der Waals surface area contributed by atoms with Crippen molar-refractivity contribution in [1.82, 2.24) is 4.90 Å². The van der Waals surface area contributed by atoms with Crippen LogP contribution in [0.2, 0.25) is 0 Å². The molecule has 5 nitrogen and oxygen atoms in total. The number of carbonyl (C=O) groups excluding carboxylic acids is 1. The van der Waals surface area contributed by atoms with Crippen LogP contribution in [0.5, 0.6) is 0 Å². The number of nitrogens with zero attached hydrogens (tertiary/aromatic N) is 1. The summed E-state index contributed by atoms with van der Waals surface area (Å²) in [4.78, 5) is 26.0. The molecule has 1 N–H and O–H groups in total. The van der Waals surface area contributed by atoms with Crippen LogP contribution < -0.4 is 0 Å². The molecule has 2 rings (SSSR count). The van der Waals surface area contributed by atoms with Gasteiger partial charge < -0.3 is 14.7 Å². The second kappa shape index (κ2) is 7.02. The van der Waals surface area contributed by atoms with Crippen molar-refractivity contribution in [2.45, 2.75) is 52.1 Å². The Morgan fingerprint density at radius 2 is 1.92 bits per heavy atom. The number of amides is 1. The fourth-order valence-electron chi connectivity index (χ4n) is 3.48. The molecule has 0 spiro atoms. The summed E-state index contributed by atoms with van der Waals surface area (Å²) in [5, 5.41) is 9.95. The molecule has 0 aromatic heterocycles. The van der Waals surface area contributed by atoms with Gasteiger partial charge >= 0.3 is 12.1 Å². The fourth-order valence-corrected chi connectivity index (χ4v) is 3.48. The lowest BCUT2D eigenvalue weighted by Gasteiger charge is -2.45. The van der Waals surface area contributed by atoms with Gasteiger partial charge in [-0.25, -0.2) is 9.18 Å². The number of piperidine rings is 1. The minimum atomic E-state index is -1.12. The lowest BCUT2D eigenvalue weighted by molar-refractivity contribution is -0.154. The second-order valence-electron chi connectivity index (χ2n) is 7.61. The molecule has 1 aromatic rings. The van der Waals surface area contributed by atoms with Gasteiger partial charge in [-0.3, -0.25) is 4.79 Å². The van der Waals surface area contributed by atoms with E-state index in [-0.39, 0.29) is 18.3 Å². The number of aliphatic carboxylic acids is 1. The van der Waals surface area contributed by atoms with E-state index in [4.69, 9.17) is 4.74 Å². The van der Waals surface area contributed by atoms with Gasteiger partial charge in [0.05, 0.1) is 5.41 Å². The number of hydrogen-bond donors (Lipinski definition) is 1. The molecule has 6 heteroatoms. The number of halogens is 1. The number of carboxylic acids is 1. The lowest BCUT2D eigenvalue weighted by Crippen LogP contribution is -2.54. The van der Waals surface area contributed by atoms with Gasteiger partial charge in [0.15, 0.2) is 0 Å². The minimum Gasteiger partial charge on any atom is -0.481 e. The van der Waals surface area contributed by atoms with Gasteiger partial charge in [-0.2, -0.15) is 0 Å². The molecule has 0 radical (unpaired) electrons. The van der Waals surface area contributed by atoms with Crippen molar-refractivity contribution in [3.05, 3.63) is 35.6 Å². The summed E-state index contributed by atoms with van der Waals surface area (Å²) in [5.74, 6) is -1.58. The highest BCUT2D eigenvalue weighted by atomic mass is 19.1. The van der Waals surface area contributed by atoms with Crippen molar-refractivity contribution in [2.75, 3.05) is 13.1 Å². The number of rotatable bonds is 3. The van der Waals surface area contributed by atoms with E-state index in [0.717, 1.165) is 5.56 Å². The van der Waals surface area contributed by atoms with Crippen LogP contribution in [0.25, 0.3) is 0 Å². The van der Waals surface area contributed by atoms with Crippen molar-refractivity contribution in [3.63, 3.8) is 0 Å². The molecular weight excluding hydrogens is 325 g/mol. The number of benzene rings is 1. The SMILES string of the molecule is CC[C@@]1(C(=O)O)CN(C(=O)OC(C)(C)C)CC[C@H]1c1ccc(F)cc1. The van der Waals surface area contributed by atoms with Crippen LogP contribution in [-0.2, 0) is 9.53 Å². The molecule has 1 amide bonds. The molecule has 0 saturated carbocycles. The van der Waals surface area contributed by atoms with Gasteiger partial charge in [0.2, 0.25) is 0 Å². The molecule has 138 valence electrons. The standard InChI is InChI=1S/C19H26FNO4/c1-5-19(16(22)23)12-21(17(24)25-18(2,3)4)11-10-15(19)13-6-8-14(20)9-7-13/h6-9,15H,5,10-12H2,1-4H3,(H,22,23)/t15-,19+/m0/s1. The van der Waals surface area contributed by atoms with Crippen LogP contribution in [0.1, 0.15) is 52.0 Å². The van der Waals surface area contributed by atoms with Gasteiger partial charge in [0.25, 0.3) is 0 Å². The van der Waals surface area contributed by atoms with Crippen LogP contribution >= 0.6 is 0 Å². The first-order valence-corrected chi connectivity index (χ1v) is 8.56. The number of carboxylic acid groups (broad SMARTS) is 1. The Morgan fingerprint density at radius 1 is 1.32 bits per heavy atom. The molecule has 1 saturated heterocycles. The maximum atomic E-state index is 13.2. The summed E-state index contributed by atoms with van der Waals surface area (Å²) in [6, 6.07) is 5.96. The molecule has 1 heterocycles. The van der Waals surface area contributed by atoms with Crippen LogP contribution in [0.15, 0.2) is 24.3 Å². The Morgan fingerprint density at radius 3 is 2.40 bits per heavy atom. The van der Waals surface area contributed by atoms with E-state index >= 15 is 0 Å². The Bertz CT molecular complexity index is 638. The van der Waals surface area contributed by atoms with Gasteiger partial charge in [-0.1, -0.05) is 19.1 Å². The molecule has 1 aromatic carbocycles. The van der Waals surface area contributed by atoms with E-state index in [1.165, 1.54) is 17.0 Å². The molecule has 2 atom stereocenters. The van der Waals surface area contributed by atoms with E-state index in [1.807, 2.05) is 6.92 Å². The smallest absolute Gasteiger partial charge is 0.410 e. The zero-order valence-electron chi connectivity index (χ0n) is 15.2. The van der Waals surface area contributed by atoms with Gasteiger partial charge in [-0.05, 0) is 51.3 Å². The van der Waals surface area contributed by atoms with E-state index in [0.29, 0.717) is 19.4 Å². The molecule has 0 aliphatic carbocycles. The molecule has 1 fully saturated rings. The Kier molecular flexibility index (Phi) is 5.40. The highest BCUT2D eigenvalue weighted by Gasteiger charge is 2.50. The van der Waals surface area contributed by atoms with Crippen LogP contribution in [0, 0.1) is 11.2 Å². The fraction of sp³-hybridized carbons (Fsp3) is 0.579. The van der Waals surface area contributed by atoms with E-state index < -0.39 is 23.1 Å². The average molecular weight is 351 g/mol. The van der Waals surface area contributed by atoms with Crippen LogP contribution in [0.3, 0.4) is 0 Å². The van der Waals surface area contributed by atoms with Crippen molar-refractivity contribution in [2.24, 2.45) is 5.41 Å². The summed E-state index contributed by atoms with van der Waals surface area (Å²) in [5.41, 5.74) is -0.967. The topological polar surface area (TPSA) is 66.8 Å². The van der Waals surface area contributed by atoms with E-state index in [9.17, 15) is 19.1 Å². The summed E-state index contributed by atoms with van der Waals surface area (Å²) < 4.78 is 18.6. The third-order valence-electron chi connectivity index (χ3n) is 4.81. The highest BCUT2D eigenvalue weighted by molar-refractivity contribution is 5.78. The van der Waals surface area contributed by atoms with E-state index in [1.54, 1.807) is 32.9 Å². The molecular formula is C19H26FNO4. The summed E-state index contributed by atoms with van der Waals surface area (Å²) in [7, 11) is 0. The minimum absolute atomic E-state index is 0.0792. The predicted octanol–water partition coefficient (Wildman–Crippen LogP) is 4.03. The average Bonchev–Trinajstić information content (AvgIpc) is 2.53. The second-order valence-corrected chi connectivity index (χ2v) is 7.61. The third kappa shape index (κ3) is 4.11. The molecule has 25 heavy (non-hydrogen) atoms. The van der Waals surface area contributed by atoms with E-state index in [2.05, 4.69) is 0 Å². The number of likely N-dealkylation sites (tertiary alicyclic amines) is 1. The number of ether oxygens (including phenoxy) is 1. The first-order valence-electron chi connectivity index (χ1n) is 8.56. The molecule has 1 aliphatic heterocycles. The van der Waals surface area contributed by atoms with Gasteiger partial charge in [-0.15, -0.1) is 0 Å². The quantitative estimate of drug-likeness (QED) is 0.893. The van der Waals surface area contributed by atoms with Gasteiger partial charge in [0.1, 0.15) is 11.4 Å². The Hall–Kier alpha value is -2.11. The first kappa shape index (κ1) is 19.2. The Labute approximate surface area is 147 Å². The van der Waals surface area contributed by atoms with Crippen LogP contribution in [-0.4, -0.2) is 40.8 Å². The summed E-state index contributed by atoms with van der Waals surface area (Å²) >= 11 is 0. The number of hydrogen-bond acceptors (Lipinski definition) is 3. The van der Waals surface area contributed by atoms with Crippen molar-refractivity contribution < 1.29 is 23.8 Å². The maximum Gasteiger partial charge on any atom is 0.410 e. The zero-order chi connectivity index (χ0) is 18.8. The molecule has 0 bridgehead atoms. The summed E-state index contributed by atoms with van der Waals surface area (Å²) in [6.07, 6.45) is 0.360. The highest BCUT2D eigenvalue weighted by Crippen LogP contribution is 2.45. The first-order chi connectivity index (χ1) is 11.6. The Balaban J connectivity index is 2.31. The largest absolute Gasteiger partial charge is 0.481 e. The predicted molar refractivity (Wildman–Crippen MR) is 91.9 cm³/mol. The number of carbonyl (C=O) groups is 2. The van der Waals surface area contributed by atoms with Crippen LogP contribution in [0.4, 0.5) is 9.18 Å². The van der Waals surface area contributed by atoms with Crippen molar-refractivity contribution >= 4 is 12.1 Å². The van der Waals surface area contributed by atoms with Crippen molar-refractivity contribution in [3.8, 4) is 0 Å². The summed E-state index contributed by atoms with van der Waals surface area (Å²) in [6.45, 7) is 7.63. The zero-order valence-corrected chi connectivity index (χ0v) is 15.2. The maximum absolute atomic E-state index is 13.2. The van der Waals surface area contributed by atoms with Gasteiger partial charge in [0, 0.05) is 19.0 Å². The van der Waals surface area contributed by atoms with Crippen molar-refractivity contribution in [1.29, 1.82) is 0 Å².